The zero-order valence-electron chi connectivity index (χ0n) is 15.0. The third-order valence-electron chi connectivity index (χ3n) is 4.54. The van der Waals surface area contributed by atoms with Gasteiger partial charge in [-0.25, -0.2) is 4.98 Å². The Hall–Kier alpha value is -3.52. The number of aryl methyl sites for hydroxylation is 1. The second-order valence-electron chi connectivity index (χ2n) is 6.53. The van der Waals surface area contributed by atoms with Gasteiger partial charge in [0.2, 0.25) is 0 Å². The molecule has 0 fully saturated rings. The molecule has 2 aromatic heterocycles. The molecule has 4 aromatic rings. The average molecular weight is 341 g/mol. The molecule has 26 heavy (non-hydrogen) atoms. The largest absolute Gasteiger partial charge is 0.378 e. The third kappa shape index (κ3) is 2.52. The lowest BCUT2D eigenvalue weighted by Crippen LogP contribution is -2.08. The van der Waals surface area contributed by atoms with Crippen molar-refractivity contribution in [2.45, 2.75) is 6.92 Å². The van der Waals surface area contributed by atoms with Gasteiger partial charge in [-0.15, -0.1) is 0 Å². The van der Waals surface area contributed by atoms with Crippen molar-refractivity contribution in [3.05, 3.63) is 65.7 Å². The van der Waals surface area contributed by atoms with Gasteiger partial charge >= 0.3 is 0 Å². The predicted octanol–water partition coefficient (Wildman–Crippen LogP) is 4.48. The Morgan fingerprint density at radius 1 is 1.08 bits per heavy atom. The number of hydrogen-bond acceptors (Lipinski definition) is 4. The molecule has 5 heteroatoms. The Balaban J connectivity index is 1.90. The van der Waals surface area contributed by atoms with E-state index in [1.54, 1.807) is 0 Å². The summed E-state index contributed by atoms with van der Waals surface area (Å²) in [4.78, 5) is 6.75. The molecule has 0 unspecified atom stereocenters. The van der Waals surface area contributed by atoms with E-state index in [2.05, 4.69) is 33.4 Å². The number of hydrogen-bond donors (Lipinski definition) is 1. The quantitative estimate of drug-likeness (QED) is 0.597. The predicted molar refractivity (Wildman–Crippen MR) is 106 cm³/mol. The molecule has 2 aromatic carbocycles. The SMILES string of the molecule is Cc1cc(Nc2ccc(N(C)C)cc2)n2c(nc3ccccc32)c1C#N. The summed E-state index contributed by atoms with van der Waals surface area (Å²) in [7, 11) is 4.04. The highest BCUT2D eigenvalue weighted by molar-refractivity contribution is 5.85. The van der Waals surface area contributed by atoms with Crippen LogP contribution in [-0.4, -0.2) is 23.5 Å². The van der Waals surface area contributed by atoms with Crippen LogP contribution in [0.25, 0.3) is 16.7 Å². The maximum atomic E-state index is 9.58. The van der Waals surface area contributed by atoms with Gasteiger partial charge in [-0.2, -0.15) is 5.26 Å². The number of nitriles is 1. The number of rotatable bonds is 3. The zero-order valence-corrected chi connectivity index (χ0v) is 15.0. The first kappa shape index (κ1) is 16.0. The minimum atomic E-state index is 0.606. The zero-order chi connectivity index (χ0) is 18.3. The highest BCUT2D eigenvalue weighted by atomic mass is 15.1. The third-order valence-corrected chi connectivity index (χ3v) is 4.54. The smallest absolute Gasteiger partial charge is 0.157 e. The van der Waals surface area contributed by atoms with Crippen molar-refractivity contribution in [3.8, 4) is 6.07 Å². The number of fused-ring (bicyclic) bond motifs is 3. The van der Waals surface area contributed by atoms with Crippen LogP contribution in [0.5, 0.6) is 0 Å². The van der Waals surface area contributed by atoms with Gasteiger partial charge in [0.05, 0.1) is 16.6 Å². The van der Waals surface area contributed by atoms with Crippen molar-refractivity contribution >= 4 is 33.9 Å². The van der Waals surface area contributed by atoms with Crippen LogP contribution < -0.4 is 10.2 Å². The fraction of sp³-hybridized carbons (Fsp3) is 0.143. The molecule has 0 radical (unpaired) electrons. The lowest BCUT2D eigenvalue weighted by Gasteiger charge is -2.15. The number of pyridine rings is 1. The highest BCUT2D eigenvalue weighted by Crippen LogP contribution is 2.28. The van der Waals surface area contributed by atoms with Gasteiger partial charge in [0.1, 0.15) is 11.9 Å². The molecule has 0 bridgehead atoms. The maximum Gasteiger partial charge on any atom is 0.157 e. The van der Waals surface area contributed by atoms with E-state index in [4.69, 9.17) is 0 Å². The lowest BCUT2D eigenvalue weighted by atomic mass is 10.1. The summed E-state index contributed by atoms with van der Waals surface area (Å²) >= 11 is 0. The number of nitrogens with zero attached hydrogens (tertiary/aromatic N) is 4. The van der Waals surface area contributed by atoms with E-state index >= 15 is 0 Å². The molecule has 4 rings (SSSR count). The van der Waals surface area contributed by atoms with Crippen molar-refractivity contribution in [2.24, 2.45) is 0 Å². The van der Waals surface area contributed by atoms with Gasteiger partial charge < -0.3 is 10.2 Å². The van der Waals surface area contributed by atoms with Crippen LogP contribution >= 0.6 is 0 Å². The van der Waals surface area contributed by atoms with Crippen LogP contribution in [-0.2, 0) is 0 Å². The Morgan fingerprint density at radius 2 is 1.81 bits per heavy atom. The van der Waals surface area contributed by atoms with E-state index in [-0.39, 0.29) is 0 Å². The second-order valence-corrected chi connectivity index (χ2v) is 6.53. The first-order valence-electron chi connectivity index (χ1n) is 8.44. The minimum Gasteiger partial charge on any atom is -0.378 e. The van der Waals surface area contributed by atoms with Crippen molar-refractivity contribution in [1.29, 1.82) is 5.26 Å². The molecule has 0 atom stereocenters. The fourth-order valence-corrected chi connectivity index (χ4v) is 3.18. The van der Waals surface area contributed by atoms with Crippen LogP contribution in [0.15, 0.2) is 54.6 Å². The molecule has 2 heterocycles. The molecular weight excluding hydrogens is 322 g/mol. The first-order chi connectivity index (χ1) is 12.6. The monoisotopic (exact) mass is 341 g/mol. The highest BCUT2D eigenvalue weighted by Gasteiger charge is 2.15. The van der Waals surface area contributed by atoms with E-state index in [1.807, 2.05) is 67.9 Å². The summed E-state index contributed by atoms with van der Waals surface area (Å²) in [5.41, 5.74) is 6.18. The number of benzene rings is 2. The number of nitrogens with one attached hydrogen (secondary N) is 1. The van der Waals surface area contributed by atoms with Crippen LogP contribution in [0.3, 0.4) is 0 Å². The molecule has 0 saturated heterocycles. The number of anilines is 3. The summed E-state index contributed by atoms with van der Waals surface area (Å²) in [6, 6.07) is 20.5. The maximum absolute atomic E-state index is 9.58. The van der Waals surface area contributed by atoms with Gasteiger partial charge in [0, 0.05) is 25.5 Å². The van der Waals surface area contributed by atoms with Crippen molar-refractivity contribution in [3.63, 3.8) is 0 Å². The summed E-state index contributed by atoms with van der Waals surface area (Å²) in [6.45, 7) is 1.94. The fourth-order valence-electron chi connectivity index (χ4n) is 3.18. The van der Waals surface area contributed by atoms with Crippen molar-refractivity contribution in [2.75, 3.05) is 24.3 Å². The Bertz CT molecular complexity index is 1150. The van der Waals surface area contributed by atoms with E-state index in [1.165, 1.54) is 0 Å². The van der Waals surface area contributed by atoms with E-state index in [0.717, 1.165) is 33.8 Å². The number of imidazole rings is 1. The molecule has 1 N–H and O–H groups in total. The standard InChI is InChI=1S/C21H19N5/c1-14-12-20(23-15-8-10-16(11-9-15)25(2)3)26-19-7-5-4-6-18(19)24-21(26)17(14)13-22/h4-12,23H,1-3H3. The molecule has 5 nitrogen and oxygen atoms in total. The lowest BCUT2D eigenvalue weighted by molar-refractivity contribution is 1.13. The first-order valence-corrected chi connectivity index (χ1v) is 8.44. The molecular formula is C21H19N5. The molecule has 0 saturated carbocycles. The van der Waals surface area contributed by atoms with Crippen LogP contribution in [0, 0.1) is 18.3 Å². The normalized spacial score (nSPS) is 10.8. The summed E-state index contributed by atoms with van der Waals surface area (Å²) in [6.07, 6.45) is 0. The molecule has 0 spiro atoms. The van der Waals surface area contributed by atoms with Gasteiger partial charge in [0.25, 0.3) is 0 Å². The van der Waals surface area contributed by atoms with E-state index < -0.39 is 0 Å². The molecule has 0 aliphatic rings. The van der Waals surface area contributed by atoms with Gasteiger partial charge in [0.15, 0.2) is 5.65 Å². The van der Waals surface area contributed by atoms with Gasteiger partial charge in [-0.3, -0.25) is 4.40 Å². The van der Waals surface area contributed by atoms with E-state index in [0.29, 0.717) is 11.2 Å². The molecule has 0 aliphatic heterocycles. The second kappa shape index (κ2) is 6.08. The van der Waals surface area contributed by atoms with E-state index in [9.17, 15) is 5.26 Å². The van der Waals surface area contributed by atoms with Crippen LogP contribution in [0.2, 0.25) is 0 Å². The number of para-hydroxylation sites is 2. The Morgan fingerprint density at radius 3 is 2.50 bits per heavy atom. The average Bonchev–Trinajstić information content (AvgIpc) is 3.01. The summed E-state index contributed by atoms with van der Waals surface area (Å²) in [5, 5.41) is 13.1. The van der Waals surface area contributed by atoms with Gasteiger partial charge in [-0.1, -0.05) is 12.1 Å². The van der Waals surface area contributed by atoms with Gasteiger partial charge in [-0.05, 0) is 55.0 Å². The Labute approximate surface area is 152 Å². The van der Waals surface area contributed by atoms with Crippen molar-refractivity contribution in [1.82, 2.24) is 9.38 Å². The van der Waals surface area contributed by atoms with Crippen LogP contribution in [0.1, 0.15) is 11.1 Å². The number of aromatic nitrogens is 2. The molecule has 0 amide bonds. The summed E-state index contributed by atoms with van der Waals surface area (Å²) < 4.78 is 2.01. The van der Waals surface area contributed by atoms with Crippen LogP contribution in [0.4, 0.5) is 17.2 Å². The minimum absolute atomic E-state index is 0.606. The molecule has 128 valence electrons. The topological polar surface area (TPSA) is 56.4 Å². The molecule has 0 aliphatic carbocycles. The Kier molecular flexibility index (Phi) is 3.74. The van der Waals surface area contributed by atoms with Crippen molar-refractivity contribution < 1.29 is 0 Å². The summed E-state index contributed by atoms with van der Waals surface area (Å²) in [5.74, 6) is 0.891.